The standard InChI is InChI=1S/C12H16N2O/c1-8-5-10(14)11(15-4)6-9(8)12(2,3)7-13/h5-6H,14H2,1-4H3. The maximum Gasteiger partial charge on any atom is 0.142 e. The molecule has 0 radical (unpaired) electrons. The van der Waals surface area contributed by atoms with Crippen LogP contribution >= 0.6 is 0 Å². The second kappa shape index (κ2) is 3.82. The zero-order valence-corrected chi connectivity index (χ0v) is 9.59. The second-order valence-electron chi connectivity index (χ2n) is 4.15. The summed E-state index contributed by atoms with van der Waals surface area (Å²) in [5, 5.41) is 9.08. The highest BCUT2D eigenvalue weighted by atomic mass is 16.5. The first kappa shape index (κ1) is 11.4. The molecule has 1 rings (SSSR count). The Morgan fingerprint density at radius 3 is 2.47 bits per heavy atom. The van der Waals surface area contributed by atoms with Gasteiger partial charge in [0.1, 0.15) is 5.75 Å². The third-order valence-corrected chi connectivity index (χ3v) is 2.53. The molecule has 0 unspecified atom stereocenters. The Bertz CT molecular complexity index is 416. The van der Waals surface area contributed by atoms with Crippen molar-refractivity contribution in [1.82, 2.24) is 0 Å². The largest absolute Gasteiger partial charge is 0.495 e. The topological polar surface area (TPSA) is 59.0 Å². The molecule has 0 saturated carbocycles. The van der Waals surface area contributed by atoms with Crippen molar-refractivity contribution >= 4 is 5.69 Å². The number of aryl methyl sites for hydroxylation is 1. The summed E-state index contributed by atoms with van der Waals surface area (Å²) in [6.07, 6.45) is 0. The number of nitrogens with zero attached hydrogens (tertiary/aromatic N) is 1. The van der Waals surface area contributed by atoms with Crippen molar-refractivity contribution in [2.24, 2.45) is 0 Å². The molecule has 0 aliphatic carbocycles. The molecular formula is C12H16N2O. The van der Waals surface area contributed by atoms with Crippen LogP contribution in [0.4, 0.5) is 5.69 Å². The molecule has 0 atom stereocenters. The number of benzene rings is 1. The molecule has 0 aliphatic heterocycles. The van der Waals surface area contributed by atoms with Crippen LogP contribution in [0.25, 0.3) is 0 Å². The summed E-state index contributed by atoms with van der Waals surface area (Å²) in [6.45, 7) is 5.71. The Labute approximate surface area is 90.5 Å². The van der Waals surface area contributed by atoms with Crippen molar-refractivity contribution < 1.29 is 4.74 Å². The van der Waals surface area contributed by atoms with Gasteiger partial charge in [-0.3, -0.25) is 0 Å². The van der Waals surface area contributed by atoms with Crippen molar-refractivity contribution in [3.05, 3.63) is 23.3 Å². The fourth-order valence-corrected chi connectivity index (χ4v) is 1.62. The number of anilines is 1. The molecule has 0 saturated heterocycles. The van der Waals surface area contributed by atoms with Gasteiger partial charge in [-0.25, -0.2) is 0 Å². The smallest absolute Gasteiger partial charge is 0.142 e. The molecule has 2 N–H and O–H groups in total. The van der Waals surface area contributed by atoms with Gasteiger partial charge in [0, 0.05) is 0 Å². The zero-order chi connectivity index (χ0) is 11.6. The molecule has 3 heteroatoms. The minimum atomic E-state index is -0.523. The van der Waals surface area contributed by atoms with Crippen LogP contribution in [0.15, 0.2) is 12.1 Å². The van der Waals surface area contributed by atoms with Crippen LogP contribution in [0.1, 0.15) is 25.0 Å². The summed E-state index contributed by atoms with van der Waals surface area (Å²) in [4.78, 5) is 0. The van der Waals surface area contributed by atoms with Gasteiger partial charge in [0.25, 0.3) is 0 Å². The molecule has 0 bridgehead atoms. The van der Waals surface area contributed by atoms with Crippen molar-refractivity contribution in [2.45, 2.75) is 26.2 Å². The highest BCUT2D eigenvalue weighted by molar-refractivity contribution is 5.58. The number of hydrogen-bond acceptors (Lipinski definition) is 3. The highest BCUT2D eigenvalue weighted by Crippen LogP contribution is 2.32. The summed E-state index contributed by atoms with van der Waals surface area (Å²) in [5.41, 5.74) is 7.83. The quantitative estimate of drug-likeness (QED) is 0.752. The number of nitriles is 1. The Hall–Kier alpha value is -1.69. The predicted molar refractivity (Wildman–Crippen MR) is 60.8 cm³/mol. The Morgan fingerprint density at radius 1 is 1.40 bits per heavy atom. The number of nitrogen functional groups attached to an aromatic ring is 1. The molecule has 1 aromatic rings. The number of nitrogens with two attached hydrogens (primary N) is 1. The zero-order valence-electron chi connectivity index (χ0n) is 9.59. The van der Waals surface area contributed by atoms with E-state index in [-0.39, 0.29) is 0 Å². The summed E-state index contributed by atoms with van der Waals surface area (Å²) >= 11 is 0. The van der Waals surface area contributed by atoms with Crippen LogP contribution in [0, 0.1) is 18.3 Å². The van der Waals surface area contributed by atoms with Gasteiger partial charge in [-0.05, 0) is 44.0 Å². The van der Waals surface area contributed by atoms with E-state index in [1.165, 1.54) is 0 Å². The third-order valence-electron chi connectivity index (χ3n) is 2.53. The number of ether oxygens (including phenoxy) is 1. The molecule has 0 amide bonds. The van der Waals surface area contributed by atoms with Gasteiger partial charge in [-0.15, -0.1) is 0 Å². The summed E-state index contributed by atoms with van der Waals surface area (Å²) in [7, 11) is 1.57. The molecule has 80 valence electrons. The molecule has 0 spiro atoms. The van der Waals surface area contributed by atoms with Gasteiger partial charge in [-0.2, -0.15) is 5.26 Å². The molecule has 15 heavy (non-hydrogen) atoms. The average Bonchev–Trinajstić information content (AvgIpc) is 2.17. The van der Waals surface area contributed by atoms with E-state index in [2.05, 4.69) is 6.07 Å². The van der Waals surface area contributed by atoms with Crippen LogP contribution in [-0.4, -0.2) is 7.11 Å². The maximum absolute atomic E-state index is 9.08. The third kappa shape index (κ3) is 2.04. The van der Waals surface area contributed by atoms with E-state index >= 15 is 0 Å². The predicted octanol–water partition coefficient (Wildman–Crippen LogP) is 2.39. The summed E-state index contributed by atoms with van der Waals surface area (Å²) in [5.74, 6) is 0.624. The van der Waals surface area contributed by atoms with Gasteiger partial charge in [-0.1, -0.05) is 0 Å². The SMILES string of the molecule is COc1cc(C(C)(C)C#N)c(C)cc1N. The van der Waals surface area contributed by atoms with Crippen LogP contribution in [-0.2, 0) is 5.41 Å². The maximum atomic E-state index is 9.08. The number of methoxy groups -OCH3 is 1. The molecular weight excluding hydrogens is 188 g/mol. The number of hydrogen-bond donors (Lipinski definition) is 1. The first-order chi connectivity index (χ1) is 6.92. The first-order valence-corrected chi connectivity index (χ1v) is 4.78. The fourth-order valence-electron chi connectivity index (χ4n) is 1.62. The molecule has 0 aromatic heterocycles. The van der Waals surface area contributed by atoms with E-state index in [0.29, 0.717) is 11.4 Å². The second-order valence-corrected chi connectivity index (χ2v) is 4.15. The van der Waals surface area contributed by atoms with Crippen molar-refractivity contribution in [3.63, 3.8) is 0 Å². The lowest BCUT2D eigenvalue weighted by Crippen LogP contribution is -2.16. The Balaban J connectivity index is 3.38. The highest BCUT2D eigenvalue weighted by Gasteiger charge is 2.23. The van der Waals surface area contributed by atoms with Crippen molar-refractivity contribution in [1.29, 1.82) is 5.26 Å². The summed E-state index contributed by atoms with van der Waals surface area (Å²) < 4.78 is 5.15. The normalized spacial score (nSPS) is 10.9. The lowest BCUT2D eigenvalue weighted by molar-refractivity contribution is 0.415. The Kier molecular flexibility index (Phi) is 2.90. The lowest BCUT2D eigenvalue weighted by atomic mass is 9.83. The van der Waals surface area contributed by atoms with Gasteiger partial charge in [0.05, 0.1) is 24.3 Å². The van der Waals surface area contributed by atoms with Crippen LogP contribution in [0.2, 0.25) is 0 Å². The average molecular weight is 204 g/mol. The van der Waals surface area contributed by atoms with E-state index in [1.54, 1.807) is 7.11 Å². The monoisotopic (exact) mass is 204 g/mol. The molecule has 0 heterocycles. The van der Waals surface area contributed by atoms with Crippen molar-refractivity contribution in [3.8, 4) is 11.8 Å². The van der Waals surface area contributed by atoms with E-state index in [9.17, 15) is 0 Å². The van der Waals surface area contributed by atoms with Gasteiger partial charge >= 0.3 is 0 Å². The van der Waals surface area contributed by atoms with Crippen LogP contribution in [0.5, 0.6) is 5.75 Å². The number of rotatable bonds is 2. The molecule has 3 nitrogen and oxygen atoms in total. The van der Waals surface area contributed by atoms with E-state index in [4.69, 9.17) is 15.7 Å². The Morgan fingerprint density at radius 2 is 2.00 bits per heavy atom. The van der Waals surface area contributed by atoms with E-state index in [0.717, 1.165) is 11.1 Å². The van der Waals surface area contributed by atoms with Gasteiger partial charge in [0.15, 0.2) is 0 Å². The van der Waals surface area contributed by atoms with Gasteiger partial charge < -0.3 is 10.5 Å². The minimum Gasteiger partial charge on any atom is -0.495 e. The minimum absolute atomic E-state index is 0.523. The first-order valence-electron chi connectivity index (χ1n) is 4.78. The van der Waals surface area contributed by atoms with Gasteiger partial charge in [0.2, 0.25) is 0 Å². The van der Waals surface area contributed by atoms with Crippen LogP contribution in [0.3, 0.4) is 0 Å². The van der Waals surface area contributed by atoms with E-state index < -0.39 is 5.41 Å². The molecule has 1 aromatic carbocycles. The molecule has 0 aliphatic rings. The van der Waals surface area contributed by atoms with Crippen LogP contribution < -0.4 is 10.5 Å². The van der Waals surface area contributed by atoms with Crippen molar-refractivity contribution in [2.75, 3.05) is 12.8 Å². The lowest BCUT2D eigenvalue weighted by Gasteiger charge is -2.20. The summed E-state index contributed by atoms with van der Waals surface area (Å²) in [6, 6.07) is 5.95. The fraction of sp³-hybridized carbons (Fsp3) is 0.417. The van der Waals surface area contributed by atoms with E-state index in [1.807, 2.05) is 32.9 Å². The molecule has 0 fully saturated rings.